The quantitative estimate of drug-likeness (QED) is 0.549. The van der Waals surface area contributed by atoms with E-state index in [0.717, 1.165) is 26.2 Å². The zero-order valence-electron chi connectivity index (χ0n) is 9.84. The number of hydrogen-bond acceptors (Lipinski definition) is 3. The summed E-state index contributed by atoms with van der Waals surface area (Å²) in [6.07, 6.45) is 2.25. The molecule has 1 N–H and O–H groups in total. The van der Waals surface area contributed by atoms with Crippen LogP contribution in [0.25, 0.3) is 0 Å². The van der Waals surface area contributed by atoms with Gasteiger partial charge < -0.3 is 14.8 Å². The van der Waals surface area contributed by atoms with Crippen LogP contribution in [-0.2, 0) is 9.47 Å². The Balaban J connectivity index is 3.02. The van der Waals surface area contributed by atoms with Gasteiger partial charge in [-0.2, -0.15) is 0 Å². The second-order valence-electron chi connectivity index (χ2n) is 3.54. The molecule has 0 fully saturated rings. The highest BCUT2D eigenvalue weighted by Crippen LogP contribution is 1.86. The first kappa shape index (κ1) is 13.9. The highest BCUT2D eigenvalue weighted by Gasteiger charge is 1.99. The van der Waals surface area contributed by atoms with Gasteiger partial charge in [0.15, 0.2) is 0 Å². The average Bonchev–Trinajstić information content (AvgIpc) is 2.20. The fourth-order valence-corrected chi connectivity index (χ4v) is 1.07. The Bertz CT molecular complexity index is 109. The van der Waals surface area contributed by atoms with E-state index in [9.17, 15) is 0 Å². The Kier molecular flexibility index (Phi) is 10.9. The van der Waals surface area contributed by atoms with Gasteiger partial charge in [0, 0.05) is 12.6 Å². The summed E-state index contributed by atoms with van der Waals surface area (Å²) < 4.78 is 10.8. The summed E-state index contributed by atoms with van der Waals surface area (Å²) in [5.74, 6) is 0. The predicted octanol–water partition coefficient (Wildman–Crippen LogP) is 1.82. The van der Waals surface area contributed by atoms with Crippen molar-refractivity contribution in [3.63, 3.8) is 0 Å². The second-order valence-corrected chi connectivity index (χ2v) is 3.54. The van der Waals surface area contributed by atoms with Crippen LogP contribution in [0.5, 0.6) is 0 Å². The maximum absolute atomic E-state index is 5.45. The van der Waals surface area contributed by atoms with Gasteiger partial charge in [-0.25, -0.2) is 0 Å². The molecule has 0 radical (unpaired) electrons. The van der Waals surface area contributed by atoms with Gasteiger partial charge in [-0.1, -0.05) is 13.8 Å². The lowest BCUT2D eigenvalue weighted by Gasteiger charge is -2.13. The number of nitrogens with one attached hydrogen (secondary N) is 1. The van der Waals surface area contributed by atoms with Gasteiger partial charge in [-0.15, -0.1) is 0 Å². The first-order valence-electron chi connectivity index (χ1n) is 5.70. The van der Waals surface area contributed by atoms with Gasteiger partial charge in [-0.3, -0.25) is 0 Å². The van der Waals surface area contributed by atoms with Crippen LogP contribution in [0.2, 0.25) is 0 Å². The monoisotopic (exact) mass is 203 g/mol. The van der Waals surface area contributed by atoms with E-state index in [1.165, 1.54) is 6.42 Å². The minimum absolute atomic E-state index is 0.445. The highest BCUT2D eigenvalue weighted by molar-refractivity contribution is 4.57. The first-order chi connectivity index (χ1) is 6.81. The lowest BCUT2D eigenvalue weighted by atomic mass is 10.3. The zero-order chi connectivity index (χ0) is 10.6. The molecule has 0 aromatic rings. The van der Waals surface area contributed by atoms with Crippen molar-refractivity contribution in [2.75, 3.05) is 33.0 Å². The van der Waals surface area contributed by atoms with Crippen molar-refractivity contribution in [3.05, 3.63) is 0 Å². The van der Waals surface area contributed by atoms with Crippen molar-refractivity contribution in [3.8, 4) is 0 Å². The maximum Gasteiger partial charge on any atom is 0.0701 e. The molecule has 0 aromatic carbocycles. The molecular weight excluding hydrogens is 178 g/mol. The van der Waals surface area contributed by atoms with Crippen LogP contribution in [0.1, 0.15) is 33.6 Å². The SMILES string of the molecule is CCCNC(C)COCCOCCC. The molecule has 0 amide bonds. The van der Waals surface area contributed by atoms with Gasteiger partial charge in [0.1, 0.15) is 0 Å². The molecule has 0 aliphatic heterocycles. The third-order valence-corrected chi connectivity index (χ3v) is 1.83. The molecular formula is C11H25NO2. The van der Waals surface area contributed by atoms with E-state index in [1.54, 1.807) is 0 Å². The summed E-state index contributed by atoms with van der Waals surface area (Å²) in [5.41, 5.74) is 0. The molecule has 3 nitrogen and oxygen atoms in total. The molecule has 0 bridgehead atoms. The van der Waals surface area contributed by atoms with Gasteiger partial charge in [-0.05, 0) is 26.3 Å². The molecule has 0 saturated heterocycles. The number of hydrogen-bond donors (Lipinski definition) is 1. The van der Waals surface area contributed by atoms with E-state index in [1.807, 2.05) is 0 Å². The van der Waals surface area contributed by atoms with Crippen molar-refractivity contribution < 1.29 is 9.47 Å². The third-order valence-electron chi connectivity index (χ3n) is 1.83. The summed E-state index contributed by atoms with van der Waals surface area (Å²) in [6, 6.07) is 0.445. The molecule has 3 heteroatoms. The summed E-state index contributed by atoms with van der Waals surface area (Å²) in [5, 5.41) is 3.37. The van der Waals surface area contributed by atoms with Crippen LogP contribution in [0, 0.1) is 0 Å². The minimum atomic E-state index is 0.445. The molecule has 1 unspecified atom stereocenters. The molecule has 1 atom stereocenters. The fourth-order valence-electron chi connectivity index (χ4n) is 1.07. The Morgan fingerprint density at radius 3 is 2.36 bits per heavy atom. The normalized spacial score (nSPS) is 13.1. The number of ether oxygens (including phenoxy) is 2. The molecule has 0 rings (SSSR count). The van der Waals surface area contributed by atoms with E-state index in [-0.39, 0.29) is 0 Å². The lowest BCUT2D eigenvalue weighted by Crippen LogP contribution is -2.31. The average molecular weight is 203 g/mol. The van der Waals surface area contributed by atoms with Gasteiger partial charge in [0.05, 0.1) is 19.8 Å². The predicted molar refractivity (Wildman–Crippen MR) is 59.7 cm³/mol. The maximum atomic E-state index is 5.45. The molecule has 0 saturated carbocycles. The standard InChI is InChI=1S/C11H25NO2/c1-4-6-12-11(3)10-14-9-8-13-7-5-2/h11-12H,4-10H2,1-3H3. The van der Waals surface area contributed by atoms with Gasteiger partial charge in [0.2, 0.25) is 0 Å². The molecule has 86 valence electrons. The first-order valence-corrected chi connectivity index (χ1v) is 5.70. The topological polar surface area (TPSA) is 30.5 Å². The molecule has 0 aliphatic carbocycles. The largest absolute Gasteiger partial charge is 0.379 e. The van der Waals surface area contributed by atoms with Crippen molar-refractivity contribution in [2.24, 2.45) is 0 Å². The van der Waals surface area contributed by atoms with Crippen LogP contribution in [-0.4, -0.2) is 39.0 Å². The second kappa shape index (κ2) is 11.0. The lowest BCUT2D eigenvalue weighted by molar-refractivity contribution is 0.0411. The highest BCUT2D eigenvalue weighted by atomic mass is 16.5. The Labute approximate surface area is 88.2 Å². The van der Waals surface area contributed by atoms with Crippen LogP contribution in [0.15, 0.2) is 0 Å². The van der Waals surface area contributed by atoms with E-state index in [2.05, 4.69) is 26.1 Å². The van der Waals surface area contributed by atoms with Crippen LogP contribution < -0.4 is 5.32 Å². The summed E-state index contributed by atoms with van der Waals surface area (Å²) >= 11 is 0. The van der Waals surface area contributed by atoms with Crippen molar-refractivity contribution >= 4 is 0 Å². The van der Waals surface area contributed by atoms with Crippen LogP contribution in [0.4, 0.5) is 0 Å². The van der Waals surface area contributed by atoms with Crippen molar-refractivity contribution in [1.29, 1.82) is 0 Å². The van der Waals surface area contributed by atoms with Crippen molar-refractivity contribution in [2.45, 2.75) is 39.7 Å². The van der Waals surface area contributed by atoms with E-state index < -0.39 is 0 Å². The summed E-state index contributed by atoms with van der Waals surface area (Å²) in [7, 11) is 0. The Morgan fingerprint density at radius 1 is 1.00 bits per heavy atom. The third kappa shape index (κ3) is 9.96. The minimum Gasteiger partial charge on any atom is -0.379 e. The molecule has 0 heterocycles. The van der Waals surface area contributed by atoms with E-state index >= 15 is 0 Å². The summed E-state index contributed by atoms with van der Waals surface area (Å²) in [4.78, 5) is 0. The molecule has 0 aromatic heterocycles. The Hall–Kier alpha value is -0.120. The zero-order valence-corrected chi connectivity index (χ0v) is 9.84. The smallest absolute Gasteiger partial charge is 0.0701 e. The molecule has 0 aliphatic rings. The van der Waals surface area contributed by atoms with E-state index in [0.29, 0.717) is 19.3 Å². The van der Waals surface area contributed by atoms with Crippen LogP contribution >= 0.6 is 0 Å². The van der Waals surface area contributed by atoms with Crippen LogP contribution in [0.3, 0.4) is 0 Å². The fraction of sp³-hybridized carbons (Fsp3) is 1.00. The Morgan fingerprint density at radius 2 is 1.71 bits per heavy atom. The van der Waals surface area contributed by atoms with Crippen molar-refractivity contribution in [1.82, 2.24) is 5.32 Å². The number of rotatable bonds is 10. The van der Waals surface area contributed by atoms with E-state index in [4.69, 9.17) is 9.47 Å². The van der Waals surface area contributed by atoms with Gasteiger partial charge in [0.25, 0.3) is 0 Å². The van der Waals surface area contributed by atoms with Gasteiger partial charge >= 0.3 is 0 Å². The molecule has 14 heavy (non-hydrogen) atoms. The molecule has 0 spiro atoms. The summed E-state index contributed by atoms with van der Waals surface area (Å²) in [6.45, 7) is 10.5.